The van der Waals surface area contributed by atoms with Gasteiger partial charge in [-0.15, -0.1) is 0 Å². The van der Waals surface area contributed by atoms with E-state index in [2.05, 4.69) is 55.8 Å². The molecule has 1 spiro atoms. The summed E-state index contributed by atoms with van der Waals surface area (Å²) in [6, 6.07) is 10.5. The molecular formula is C15H15O. The topological polar surface area (TPSA) is 12.5 Å². The van der Waals surface area contributed by atoms with E-state index in [-0.39, 0.29) is 11.2 Å². The summed E-state index contributed by atoms with van der Waals surface area (Å²) >= 11 is 0. The number of benzene rings is 1. The third-order valence-electron chi connectivity index (χ3n) is 3.58. The minimum absolute atomic E-state index is 0.143. The third kappa shape index (κ3) is 1.15. The molecule has 16 heavy (non-hydrogen) atoms. The standard InChI is InChI=1S/C15H15O/c1-2-15(13-9-5-3-6-10-13)14(16-15)11-7-4-8-12-14/h3-12H,2H2,1H3. The molecule has 81 valence electrons. The molecule has 1 aromatic rings. The molecule has 0 N–H and O–H groups in total. The lowest BCUT2D eigenvalue weighted by Crippen LogP contribution is -2.22. The molecule has 0 aromatic heterocycles. The highest BCUT2D eigenvalue weighted by Gasteiger charge is 2.67. The molecule has 1 aliphatic carbocycles. The predicted octanol–water partition coefficient (Wildman–Crippen LogP) is 3.39. The van der Waals surface area contributed by atoms with Crippen molar-refractivity contribution in [1.82, 2.24) is 0 Å². The molecule has 2 atom stereocenters. The molecule has 1 aromatic carbocycles. The molecule has 3 rings (SSSR count). The van der Waals surface area contributed by atoms with Gasteiger partial charge in [0.05, 0.1) is 0 Å². The van der Waals surface area contributed by atoms with Crippen molar-refractivity contribution >= 4 is 0 Å². The van der Waals surface area contributed by atoms with E-state index in [0.717, 1.165) is 6.42 Å². The van der Waals surface area contributed by atoms with Gasteiger partial charge in [-0.25, -0.2) is 0 Å². The lowest BCUT2D eigenvalue weighted by Gasteiger charge is -2.16. The van der Waals surface area contributed by atoms with Crippen molar-refractivity contribution in [2.45, 2.75) is 24.5 Å². The molecule has 1 saturated heterocycles. The van der Waals surface area contributed by atoms with Crippen molar-refractivity contribution in [3.8, 4) is 0 Å². The summed E-state index contributed by atoms with van der Waals surface area (Å²) in [7, 11) is 0. The molecule has 2 unspecified atom stereocenters. The minimum atomic E-state index is -0.197. The van der Waals surface area contributed by atoms with Crippen LogP contribution < -0.4 is 0 Å². The second-order valence-electron chi connectivity index (χ2n) is 4.35. The summed E-state index contributed by atoms with van der Waals surface area (Å²) in [5.41, 5.74) is 0.932. The smallest absolute Gasteiger partial charge is 0.128 e. The molecule has 1 nitrogen and oxygen atoms in total. The minimum Gasteiger partial charge on any atom is -0.352 e. The quantitative estimate of drug-likeness (QED) is 0.683. The summed E-state index contributed by atoms with van der Waals surface area (Å²) < 4.78 is 6.07. The largest absolute Gasteiger partial charge is 0.352 e. The van der Waals surface area contributed by atoms with E-state index in [0.29, 0.717) is 0 Å². The Balaban J connectivity index is 2.00. The van der Waals surface area contributed by atoms with Crippen LogP contribution in [0, 0.1) is 6.42 Å². The van der Waals surface area contributed by atoms with Gasteiger partial charge in [-0.1, -0.05) is 55.5 Å². The van der Waals surface area contributed by atoms with Crippen molar-refractivity contribution in [3.63, 3.8) is 0 Å². The molecular weight excluding hydrogens is 196 g/mol. The Morgan fingerprint density at radius 3 is 2.50 bits per heavy atom. The van der Waals surface area contributed by atoms with Crippen molar-refractivity contribution in [3.05, 3.63) is 66.6 Å². The second kappa shape index (κ2) is 3.33. The highest BCUT2D eigenvalue weighted by molar-refractivity contribution is 5.46. The number of ether oxygens (including phenoxy) is 1. The zero-order valence-electron chi connectivity index (χ0n) is 9.39. The number of epoxide rings is 1. The molecule has 1 heterocycles. The van der Waals surface area contributed by atoms with Crippen LogP contribution in [0.2, 0.25) is 0 Å². The SMILES string of the molecule is CCC1(c2ccccc2)OC12[CH]C=CC=C2. The van der Waals surface area contributed by atoms with Crippen LogP contribution in [-0.2, 0) is 10.3 Å². The first kappa shape index (κ1) is 9.86. The third-order valence-corrected chi connectivity index (χ3v) is 3.58. The van der Waals surface area contributed by atoms with Gasteiger partial charge in [0.25, 0.3) is 0 Å². The molecule has 0 bridgehead atoms. The molecule has 1 fully saturated rings. The number of hydrogen-bond donors (Lipinski definition) is 0. The van der Waals surface area contributed by atoms with Crippen molar-refractivity contribution < 1.29 is 4.74 Å². The van der Waals surface area contributed by atoms with Crippen LogP contribution in [0.1, 0.15) is 18.9 Å². The van der Waals surface area contributed by atoms with Gasteiger partial charge in [-0.3, -0.25) is 0 Å². The first-order chi connectivity index (χ1) is 7.83. The van der Waals surface area contributed by atoms with Crippen LogP contribution in [0.3, 0.4) is 0 Å². The maximum Gasteiger partial charge on any atom is 0.128 e. The van der Waals surface area contributed by atoms with E-state index >= 15 is 0 Å². The van der Waals surface area contributed by atoms with Gasteiger partial charge in [0.15, 0.2) is 0 Å². The number of hydrogen-bond acceptors (Lipinski definition) is 1. The molecule has 1 heteroatoms. The first-order valence-corrected chi connectivity index (χ1v) is 5.79. The fourth-order valence-corrected chi connectivity index (χ4v) is 2.66. The number of rotatable bonds is 2. The fraction of sp³-hybridized carbons (Fsp3) is 0.267. The predicted molar refractivity (Wildman–Crippen MR) is 64.8 cm³/mol. The van der Waals surface area contributed by atoms with E-state index in [9.17, 15) is 0 Å². The van der Waals surface area contributed by atoms with Gasteiger partial charge in [0, 0.05) is 6.42 Å². The molecule has 1 radical (unpaired) electrons. The summed E-state index contributed by atoms with van der Waals surface area (Å²) in [4.78, 5) is 0. The Morgan fingerprint density at radius 1 is 1.06 bits per heavy atom. The highest BCUT2D eigenvalue weighted by atomic mass is 16.6. The van der Waals surface area contributed by atoms with Crippen LogP contribution in [0.15, 0.2) is 54.6 Å². The molecule has 0 amide bonds. The summed E-state index contributed by atoms with van der Waals surface area (Å²) in [6.07, 6.45) is 11.5. The van der Waals surface area contributed by atoms with Crippen LogP contribution in [0.25, 0.3) is 0 Å². The van der Waals surface area contributed by atoms with Gasteiger partial charge in [-0.2, -0.15) is 0 Å². The average Bonchev–Trinajstić information content (AvgIpc) is 3.00. The van der Waals surface area contributed by atoms with Gasteiger partial charge in [0.1, 0.15) is 11.2 Å². The summed E-state index contributed by atoms with van der Waals surface area (Å²) in [6.45, 7) is 2.18. The molecule has 2 aliphatic rings. The molecule has 0 saturated carbocycles. The van der Waals surface area contributed by atoms with Crippen molar-refractivity contribution in [1.29, 1.82) is 0 Å². The lowest BCUT2D eigenvalue weighted by molar-refractivity contribution is 0.282. The zero-order chi connectivity index (χ0) is 11.1. The van der Waals surface area contributed by atoms with Crippen LogP contribution in [-0.4, -0.2) is 5.60 Å². The highest BCUT2D eigenvalue weighted by Crippen LogP contribution is 2.61. The Hall–Kier alpha value is -1.34. The lowest BCUT2D eigenvalue weighted by atomic mass is 9.80. The maximum absolute atomic E-state index is 6.07. The summed E-state index contributed by atoms with van der Waals surface area (Å²) in [5, 5.41) is 0. The fourth-order valence-electron chi connectivity index (χ4n) is 2.66. The Bertz CT molecular complexity index is 446. The van der Waals surface area contributed by atoms with Crippen LogP contribution in [0.5, 0.6) is 0 Å². The van der Waals surface area contributed by atoms with Crippen LogP contribution >= 0.6 is 0 Å². The van der Waals surface area contributed by atoms with Crippen molar-refractivity contribution in [2.75, 3.05) is 0 Å². The van der Waals surface area contributed by atoms with Gasteiger partial charge in [-0.05, 0) is 18.1 Å². The second-order valence-corrected chi connectivity index (χ2v) is 4.35. The zero-order valence-corrected chi connectivity index (χ0v) is 9.39. The van der Waals surface area contributed by atoms with E-state index in [1.165, 1.54) is 5.56 Å². The number of allylic oxidation sites excluding steroid dienone is 2. The van der Waals surface area contributed by atoms with E-state index in [4.69, 9.17) is 4.74 Å². The maximum atomic E-state index is 6.07. The monoisotopic (exact) mass is 211 g/mol. The van der Waals surface area contributed by atoms with Gasteiger partial charge in [0.2, 0.25) is 0 Å². The average molecular weight is 211 g/mol. The van der Waals surface area contributed by atoms with Crippen LogP contribution in [0.4, 0.5) is 0 Å². The van der Waals surface area contributed by atoms with Gasteiger partial charge < -0.3 is 4.74 Å². The Labute approximate surface area is 96.4 Å². The van der Waals surface area contributed by atoms with Crippen molar-refractivity contribution in [2.24, 2.45) is 0 Å². The summed E-state index contributed by atoms with van der Waals surface area (Å²) in [5.74, 6) is 0. The molecule has 1 aliphatic heterocycles. The van der Waals surface area contributed by atoms with E-state index in [1.54, 1.807) is 0 Å². The Kier molecular flexibility index (Phi) is 2.05. The van der Waals surface area contributed by atoms with E-state index < -0.39 is 0 Å². The van der Waals surface area contributed by atoms with E-state index in [1.807, 2.05) is 12.1 Å². The Morgan fingerprint density at radius 2 is 1.88 bits per heavy atom. The normalized spacial score (nSPS) is 35.6. The first-order valence-electron chi connectivity index (χ1n) is 5.79. The van der Waals surface area contributed by atoms with Gasteiger partial charge >= 0.3 is 0 Å².